The highest BCUT2D eigenvalue weighted by Gasteiger charge is 2.41. The Labute approximate surface area is 169 Å². The van der Waals surface area contributed by atoms with Crippen molar-refractivity contribution in [3.05, 3.63) is 0 Å². The van der Waals surface area contributed by atoms with Gasteiger partial charge in [-0.3, -0.25) is 0 Å². The Morgan fingerprint density at radius 1 is 1.04 bits per heavy atom. The second-order valence-electron chi connectivity index (χ2n) is 7.23. The Kier molecular flexibility index (Phi) is 7.64. The molecule has 1 rings (SSSR count). The summed E-state index contributed by atoms with van der Waals surface area (Å²) in [5.41, 5.74) is -1.07. The first-order chi connectivity index (χ1) is 10.8. The number of esters is 1. The quantitative estimate of drug-likeness (QED) is 0.367. The number of ether oxygens (including phenoxy) is 2. The maximum absolute atomic E-state index is 12.2. The summed E-state index contributed by atoms with van der Waals surface area (Å²) in [5, 5.41) is 0. The molecule has 140 valence electrons. The van der Waals surface area contributed by atoms with E-state index in [4.69, 9.17) is 9.47 Å². The fourth-order valence-electron chi connectivity index (χ4n) is 2.51. The minimum absolute atomic E-state index is 0.180. The zero-order valence-corrected chi connectivity index (χ0v) is 19.6. The number of piperidine rings is 1. The number of alkyl halides is 3. The largest absolute Gasteiger partial charge is 0.457 e. The molecule has 5 nitrogen and oxygen atoms in total. The molecule has 0 unspecified atom stereocenters. The second-order valence-corrected chi connectivity index (χ2v) is 14.0. The van der Waals surface area contributed by atoms with E-state index in [0.29, 0.717) is 13.1 Å². The van der Waals surface area contributed by atoms with E-state index in [2.05, 4.69) is 47.8 Å². The summed E-state index contributed by atoms with van der Waals surface area (Å²) in [5.74, 6) is -0.251. The first kappa shape index (κ1) is 22.2. The number of nitrogens with zero attached hydrogens (tertiary/aromatic N) is 1. The molecule has 0 spiro atoms. The molecule has 0 aromatic heterocycles. The number of rotatable bonds is 4. The molecule has 1 heterocycles. The van der Waals surface area contributed by atoms with Crippen molar-refractivity contribution in [2.24, 2.45) is 5.92 Å². The molecule has 0 aromatic carbocycles. The smallest absolute Gasteiger partial charge is 0.410 e. The molecule has 24 heavy (non-hydrogen) atoms. The van der Waals surface area contributed by atoms with Crippen molar-refractivity contribution < 1.29 is 19.1 Å². The van der Waals surface area contributed by atoms with E-state index in [1.54, 1.807) is 4.90 Å². The van der Waals surface area contributed by atoms with Crippen molar-refractivity contribution in [2.75, 3.05) is 13.1 Å². The lowest BCUT2D eigenvalue weighted by atomic mass is 9.83. The first-order valence-corrected chi connectivity index (χ1v) is 10.4. The predicted octanol–water partition coefficient (Wildman–Crippen LogP) is 5.18. The second kappa shape index (κ2) is 8.25. The number of likely N-dealkylation sites (tertiary alicyclic amines) is 1. The van der Waals surface area contributed by atoms with Crippen molar-refractivity contribution >= 4 is 59.9 Å². The molecule has 8 heteroatoms. The predicted molar refractivity (Wildman–Crippen MR) is 105 cm³/mol. The molecule has 1 aliphatic rings. The SMILES string of the molecule is CCC(C)(C)OC(=O)N1CCC(C(C)(C)OC(=O)C(Br)(Br)Br)CC1. The first-order valence-electron chi connectivity index (χ1n) is 8.06. The Bertz CT molecular complexity index is 466. The van der Waals surface area contributed by atoms with E-state index >= 15 is 0 Å². The van der Waals surface area contributed by atoms with Gasteiger partial charge >= 0.3 is 12.1 Å². The van der Waals surface area contributed by atoms with Crippen molar-refractivity contribution in [2.45, 2.75) is 67.2 Å². The lowest BCUT2D eigenvalue weighted by Gasteiger charge is -2.40. The van der Waals surface area contributed by atoms with Crippen molar-refractivity contribution in [1.82, 2.24) is 4.90 Å². The summed E-state index contributed by atoms with van der Waals surface area (Å²) in [6, 6.07) is 0. The van der Waals surface area contributed by atoms with E-state index in [1.165, 1.54) is 0 Å². The highest BCUT2D eigenvalue weighted by molar-refractivity contribution is 9.40. The summed E-state index contributed by atoms with van der Waals surface area (Å²) in [4.78, 5) is 26.0. The van der Waals surface area contributed by atoms with Crippen molar-refractivity contribution in [1.29, 1.82) is 0 Å². The molecule has 0 radical (unpaired) electrons. The van der Waals surface area contributed by atoms with Crippen molar-refractivity contribution in [3.63, 3.8) is 0 Å². The summed E-state index contributed by atoms with van der Waals surface area (Å²) in [6.07, 6.45) is 2.03. The Morgan fingerprint density at radius 3 is 1.96 bits per heavy atom. The van der Waals surface area contributed by atoms with Crippen LogP contribution in [0.4, 0.5) is 4.79 Å². The molecule has 1 fully saturated rings. The van der Waals surface area contributed by atoms with E-state index in [-0.39, 0.29) is 12.0 Å². The van der Waals surface area contributed by atoms with Gasteiger partial charge in [0.25, 0.3) is 0 Å². The zero-order valence-electron chi connectivity index (χ0n) is 14.8. The highest BCUT2D eigenvalue weighted by Crippen LogP contribution is 2.39. The van der Waals surface area contributed by atoms with Crippen molar-refractivity contribution in [3.8, 4) is 0 Å². The molecule has 0 atom stereocenters. The fourth-order valence-corrected chi connectivity index (χ4v) is 2.75. The van der Waals surface area contributed by atoms with E-state index < -0.39 is 19.3 Å². The minimum atomic E-state index is -1.07. The van der Waals surface area contributed by atoms with Gasteiger partial charge in [0.2, 0.25) is 2.14 Å². The fraction of sp³-hybridized carbons (Fsp3) is 0.875. The third-order valence-electron chi connectivity index (χ3n) is 4.54. The minimum Gasteiger partial charge on any atom is -0.457 e. The monoisotopic (exact) mass is 533 g/mol. The molecule has 0 N–H and O–H groups in total. The molecule has 0 saturated carbocycles. The van der Waals surface area contributed by atoms with Crippen LogP contribution in [0.3, 0.4) is 0 Å². The summed E-state index contributed by atoms with van der Waals surface area (Å²) < 4.78 is 10.1. The molecule has 1 amide bonds. The van der Waals surface area contributed by atoms with E-state index in [9.17, 15) is 9.59 Å². The average molecular weight is 536 g/mol. The van der Waals surface area contributed by atoms with Crippen LogP contribution in [0, 0.1) is 5.92 Å². The van der Waals surface area contributed by atoms with Gasteiger partial charge in [-0.25, -0.2) is 9.59 Å². The maximum atomic E-state index is 12.2. The maximum Gasteiger partial charge on any atom is 0.410 e. The van der Waals surface area contributed by atoms with Crippen LogP contribution in [-0.2, 0) is 14.3 Å². The van der Waals surface area contributed by atoms with Crippen LogP contribution in [0.5, 0.6) is 0 Å². The topological polar surface area (TPSA) is 55.8 Å². The van der Waals surface area contributed by atoms with Gasteiger partial charge in [0.15, 0.2) is 0 Å². The van der Waals surface area contributed by atoms with Crippen LogP contribution < -0.4 is 0 Å². The lowest BCUT2D eigenvalue weighted by Crippen LogP contribution is -2.48. The Hall–Kier alpha value is 0.180. The molecule has 1 saturated heterocycles. The van der Waals surface area contributed by atoms with Gasteiger partial charge in [-0.15, -0.1) is 0 Å². The average Bonchev–Trinajstić information content (AvgIpc) is 2.45. The number of carbonyl (C=O) groups is 2. The summed E-state index contributed by atoms with van der Waals surface area (Å²) in [6.45, 7) is 10.8. The molecular formula is C16H26Br3NO4. The number of hydrogen-bond acceptors (Lipinski definition) is 4. The van der Waals surface area contributed by atoms with Crippen LogP contribution >= 0.6 is 47.8 Å². The van der Waals surface area contributed by atoms with Gasteiger partial charge < -0.3 is 14.4 Å². The third-order valence-corrected chi connectivity index (χ3v) is 5.51. The van der Waals surface area contributed by atoms with Gasteiger partial charge in [0.05, 0.1) is 0 Å². The highest BCUT2D eigenvalue weighted by atomic mass is 80.0. The number of halogens is 3. The Morgan fingerprint density at radius 2 is 1.54 bits per heavy atom. The van der Waals surface area contributed by atoms with Gasteiger partial charge in [0.1, 0.15) is 11.2 Å². The number of hydrogen-bond donors (Lipinski definition) is 0. The van der Waals surface area contributed by atoms with Crippen LogP contribution in [0.1, 0.15) is 53.9 Å². The van der Waals surface area contributed by atoms with Crippen LogP contribution in [0.25, 0.3) is 0 Å². The molecular weight excluding hydrogens is 510 g/mol. The lowest BCUT2D eigenvalue weighted by molar-refractivity contribution is -0.161. The Balaban J connectivity index is 2.58. The molecule has 0 aliphatic carbocycles. The zero-order chi connectivity index (χ0) is 18.8. The van der Waals surface area contributed by atoms with Gasteiger partial charge in [-0.05, 0) is 94.7 Å². The van der Waals surface area contributed by atoms with Crippen LogP contribution in [-0.4, -0.2) is 43.4 Å². The van der Waals surface area contributed by atoms with Gasteiger partial charge in [-0.2, -0.15) is 0 Å². The van der Waals surface area contributed by atoms with Gasteiger partial charge in [0, 0.05) is 19.0 Å². The number of amides is 1. The summed E-state index contributed by atoms with van der Waals surface area (Å²) >= 11 is 9.52. The molecule has 0 aromatic rings. The van der Waals surface area contributed by atoms with Crippen LogP contribution in [0.15, 0.2) is 0 Å². The molecule has 1 aliphatic heterocycles. The standard InChI is InChI=1S/C16H26Br3NO4/c1-6-14(2,3)24-13(22)20-9-7-11(8-10-20)15(4,5)23-12(21)16(17,18)19/h11H,6-10H2,1-5H3. The van der Waals surface area contributed by atoms with Gasteiger partial charge in [-0.1, -0.05) is 6.92 Å². The van der Waals surface area contributed by atoms with E-state index in [1.807, 2.05) is 34.6 Å². The summed E-state index contributed by atoms with van der Waals surface area (Å²) in [7, 11) is 0. The number of carbonyl (C=O) groups excluding carboxylic acids is 2. The van der Waals surface area contributed by atoms with E-state index in [0.717, 1.165) is 19.3 Å². The molecule has 0 bridgehead atoms. The third kappa shape index (κ3) is 6.48. The normalized spacial score (nSPS) is 17.6. The van der Waals surface area contributed by atoms with Crippen LogP contribution in [0.2, 0.25) is 0 Å².